The summed E-state index contributed by atoms with van der Waals surface area (Å²) in [6.45, 7) is 8.55. The van der Waals surface area contributed by atoms with Crippen molar-refractivity contribution < 1.29 is 4.74 Å². The second-order valence-corrected chi connectivity index (χ2v) is 5.98. The summed E-state index contributed by atoms with van der Waals surface area (Å²) in [4.78, 5) is 2.64. The summed E-state index contributed by atoms with van der Waals surface area (Å²) in [7, 11) is 0. The summed E-state index contributed by atoms with van der Waals surface area (Å²) in [5, 5.41) is 0. The molecule has 0 aromatic heterocycles. The van der Waals surface area contributed by atoms with Crippen LogP contribution in [0.25, 0.3) is 0 Å². The van der Waals surface area contributed by atoms with Gasteiger partial charge >= 0.3 is 0 Å². The summed E-state index contributed by atoms with van der Waals surface area (Å²) < 4.78 is 5.82. The van der Waals surface area contributed by atoms with Gasteiger partial charge in [0.05, 0.1) is 6.10 Å². The van der Waals surface area contributed by atoms with Crippen LogP contribution in [0.3, 0.4) is 0 Å². The van der Waals surface area contributed by atoms with Crippen LogP contribution in [0.4, 0.5) is 0 Å². The van der Waals surface area contributed by atoms with Gasteiger partial charge in [0.2, 0.25) is 0 Å². The van der Waals surface area contributed by atoms with E-state index in [9.17, 15) is 0 Å². The molecule has 3 atom stereocenters. The monoisotopic (exact) mass is 254 g/mol. The molecule has 1 aliphatic heterocycles. The van der Waals surface area contributed by atoms with Crippen molar-refractivity contribution in [3.05, 3.63) is 0 Å². The quantitative estimate of drug-likeness (QED) is 0.791. The van der Waals surface area contributed by atoms with Crippen LogP contribution in [-0.4, -0.2) is 42.8 Å². The number of likely N-dealkylation sites (N-methyl/N-ethyl adjacent to an activating group) is 1. The van der Waals surface area contributed by atoms with Crippen LogP contribution in [0.5, 0.6) is 0 Å². The topological polar surface area (TPSA) is 38.5 Å². The van der Waals surface area contributed by atoms with Crippen molar-refractivity contribution >= 4 is 0 Å². The Morgan fingerprint density at radius 2 is 2.11 bits per heavy atom. The molecular weight excluding hydrogens is 224 g/mol. The van der Waals surface area contributed by atoms with Crippen molar-refractivity contribution in [3.8, 4) is 0 Å². The fourth-order valence-corrected chi connectivity index (χ4v) is 4.19. The normalized spacial score (nSPS) is 36.7. The summed E-state index contributed by atoms with van der Waals surface area (Å²) in [5.41, 5.74) is 6.46. The van der Waals surface area contributed by atoms with Crippen LogP contribution < -0.4 is 5.73 Å². The van der Waals surface area contributed by atoms with E-state index in [1.807, 2.05) is 0 Å². The molecule has 2 fully saturated rings. The Hall–Kier alpha value is -0.120. The summed E-state index contributed by atoms with van der Waals surface area (Å²) in [6, 6.07) is 0. The molecule has 0 bridgehead atoms. The summed E-state index contributed by atoms with van der Waals surface area (Å²) in [5.74, 6) is 0.781. The third-order valence-corrected chi connectivity index (χ3v) is 5.23. The minimum absolute atomic E-state index is 0.259. The van der Waals surface area contributed by atoms with E-state index in [-0.39, 0.29) is 5.54 Å². The van der Waals surface area contributed by atoms with Crippen LogP contribution in [0.2, 0.25) is 0 Å². The lowest BCUT2D eigenvalue weighted by atomic mass is 9.83. The number of rotatable bonds is 6. The molecule has 1 aliphatic carbocycles. The van der Waals surface area contributed by atoms with Crippen molar-refractivity contribution in [2.24, 2.45) is 11.7 Å². The lowest BCUT2D eigenvalue weighted by molar-refractivity contribution is 0.00539. The largest absolute Gasteiger partial charge is 0.377 e. The Bertz CT molecular complexity index is 253. The molecule has 2 rings (SSSR count). The van der Waals surface area contributed by atoms with Gasteiger partial charge in [-0.25, -0.2) is 0 Å². The van der Waals surface area contributed by atoms with E-state index in [1.54, 1.807) is 0 Å². The molecule has 1 saturated heterocycles. The summed E-state index contributed by atoms with van der Waals surface area (Å²) >= 11 is 0. The molecule has 0 aromatic carbocycles. The first-order chi connectivity index (χ1) is 8.76. The zero-order valence-electron chi connectivity index (χ0n) is 12.2. The van der Waals surface area contributed by atoms with E-state index in [1.165, 1.54) is 38.5 Å². The third kappa shape index (κ3) is 2.59. The molecule has 2 N–H and O–H groups in total. The van der Waals surface area contributed by atoms with Gasteiger partial charge in [0.1, 0.15) is 0 Å². The van der Waals surface area contributed by atoms with Crippen molar-refractivity contribution in [2.45, 2.75) is 64.0 Å². The highest BCUT2D eigenvalue weighted by molar-refractivity contribution is 5.01. The van der Waals surface area contributed by atoms with Gasteiger partial charge in [0, 0.05) is 25.2 Å². The Balaban J connectivity index is 2.07. The molecule has 18 heavy (non-hydrogen) atoms. The Morgan fingerprint density at radius 1 is 1.28 bits per heavy atom. The molecule has 0 amide bonds. The first kappa shape index (κ1) is 14.3. The van der Waals surface area contributed by atoms with Crippen molar-refractivity contribution in [1.29, 1.82) is 0 Å². The van der Waals surface area contributed by atoms with Gasteiger partial charge in [0.25, 0.3) is 0 Å². The number of nitrogens with two attached hydrogens (primary N) is 1. The zero-order valence-corrected chi connectivity index (χ0v) is 12.2. The predicted octanol–water partition coefficient (Wildman–Crippen LogP) is 2.39. The molecule has 3 unspecified atom stereocenters. The minimum Gasteiger partial charge on any atom is -0.377 e. The maximum absolute atomic E-state index is 6.20. The second-order valence-electron chi connectivity index (χ2n) is 5.98. The van der Waals surface area contributed by atoms with Crippen LogP contribution in [-0.2, 0) is 4.74 Å². The van der Waals surface area contributed by atoms with Crippen LogP contribution in [0, 0.1) is 5.92 Å². The molecule has 2 aliphatic rings. The van der Waals surface area contributed by atoms with E-state index in [0.29, 0.717) is 6.10 Å². The standard InChI is InChI=1S/C15H30N2O/c1-3-13-7-5-9-15(13,12-16)17(4-2)11-14-8-6-10-18-14/h13-14H,3-12,16H2,1-2H3. The SMILES string of the molecule is CCC1CCCC1(CN)N(CC)CC1CCCO1. The fourth-order valence-electron chi connectivity index (χ4n) is 4.19. The molecule has 1 saturated carbocycles. The molecule has 106 valence electrons. The minimum atomic E-state index is 0.259. The van der Waals surface area contributed by atoms with E-state index in [0.717, 1.165) is 32.2 Å². The maximum Gasteiger partial charge on any atom is 0.0703 e. The first-order valence-electron chi connectivity index (χ1n) is 7.83. The second kappa shape index (κ2) is 6.36. The lowest BCUT2D eigenvalue weighted by Gasteiger charge is -2.45. The molecule has 0 aromatic rings. The number of hydrogen-bond acceptors (Lipinski definition) is 3. The van der Waals surface area contributed by atoms with Gasteiger partial charge in [-0.05, 0) is 38.1 Å². The van der Waals surface area contributed by atoms with Crippen molar-refractivity contribution in [3.63, 3.8) is 0 Å². The lowest BCUT2D eigenvalue weighted by Crippen LogP contribution is -2.57. The highest BCUT2D eigenvalue weighted by atomic mass is 16.5. The number of ether oxygens (including phenoxy) is 1. The van der Waals surface area contributed by atoms with E-state index >= 15 is 0 Å². The van der Waals surface area contributed by atoms with Crippen molar-refractivity contribution in [2.75, 3.05) is 26.2 Å². The highest BCUT2D eigenvalue weighted by Gasteiger charge is 2.45. The molecule has 1 heterocycles. The highest BCUT2D eigenvalue weighted by Crippen LogP contribution is 2.42. The average Bonchev–Trinajstić information content (AvgIpc) is 3.05. The summed E-state index contributed by atoms with van der Waals surface area (Å²) in [6.07, 6.45) is 8.16. The Kier molecular flexibility index (Phi) is 5.05. The number of nitrogens with zero attached hydrogens (tertiary/aromatic N) is 1. The van der Waals surface area contributed by atoms with Crippen LogP contribution in [0.1, 0.15) is 52.4 Å². The molecule has 3 heteroatoms. The van der Waals surface area contributed by atoms with Gasteiger partial charge in [-0.1, -0.05) is 26.7 Å². The molecule has 0 spiro atoms. The van der Waals surface area contributed by atoms with E-state index in [2.05, 4.69) is 18.7 Å². The van der Waals surface area contributed by atoms with Gasteiger partial charge in [-0.3, -0.25) is 4.90 Å². The Morgan fingerprint density at radius 3 is 2.67 bits per heavy atom. The predicted molar refractivity (Wildman–Crippen MR) is 75.6 cm³/mol. The molecular formula is C15H30N2O. The fraction of sp³-hybridized carbons (Fsp3) is 1.00. The molecule has 0 radical (unpaired) electrons. The van der Waals surface area contributed by atoms with Crippen LogP contribution >= 0.6 is 0 Å². The number of hydrogen-bond donors (Lipinski definition) is 1. The Labute approximate surface area is 112 Å². The van der Waals surface area contributed by atoms with E-state index in [4.69, 9.17) is 10.5 Å². The van der Waals surface area contributed by atoms with Gasteiger partial charge in [-0.15, -0.1) is 0 Å². The smallest absolute Gasteiger partial charge is 0.0703 e. The van der Waals surface area contributed by atoms with Gasteiger partial charge in [0.15, 0.2) is 0 Å². The van der Waals surface area contributed by atoms with Gasteiger partial charge in [-0.2, -0.15) is 0 Å². The van der Waals surface area contributed by atoms with Gasteiger partial charge < -0.3 is 10.5 Å². The zero-order chi connectivity index (χ0) is 13.0. The van der Waals surface area contributed by atoms with Crippen LogP contribution in [0.15, 0.2) is 0 Å². The third-order valence-electron chi connectivity index (χ3n) is 5.23. The van der Waals surface area contributed by atoms with E-state index < -0.39 is 0 Å². The average molecular weight is 254 g/mol. The van der Waals surface area contributed by atoms with Crippen molar-refractivity contribution in [1.82, 2.24) is 4.90 Å². The first-order valence-corrected chi connectivity index (χ1v) is 7.83. The maximum atomic E-state index is 6.20. The molecule has 3 nitrogen and oxygen atoms in total.